The van der Waals surface area contributed by atoms with E-state index in [1.165, 1.54) is 0 Å². The summed E-state index contributed by atoms with van der Waals surface area (Å²) in [6.07, 6.45) is 4.41. The van der Waals surface area contributed by atoms with Crippen LogP contribution in [0.25, 0.3) is 28.2 Å². The Balaban J connectivity index is 1.73. The number of imidazole rings is 1. The number of amides is 1. The SMILES string of the molecule is COc1ccc(-c2ccn3c(-c4cccc(NC=O)c4)cnc3c2)nn1. The second-order valence-electron chi connectivity index (χ2n) is 5.59. The zero-order valence-electron chi connectivity index (χ0n) is 14.0. The topological polar surface area (TPSA) is 81.4 Å². The molecule has 7 nitrogen and oxygen atoms in total. The van der Waals surface area contributed by atoms with Crippen LogP contribution in [0.15, 0.2) is 60.9 Å². The molecular weight excluding hydrogens is 330 g/mol. The molecule has 7 heteroatoms. The highest BCUT2D eigenvalue weighted by atomic mass is 16.5. The van der Waals surface area contributed by atoms with Gasteiger partial charge in [-0.25, -0.2) is 4.98 Å². The molecule has 4 rings (SSSR count). The molecule has 0 aliphatic carbocycles. The van der Waals surface area contributed by atoms with E-state index in [0.29, 0.717) is 12.3 Å². The number of hydrogen-bond donors (Lipinski definition) is 1. The van der Waals surface area contributed by atoms with Crippen molar-refractivity contribution in [1.82, 2.24) is 19.6 Å². The van der Waals surface area contributed by atoms with Crippen LogP contribution in [0.2, 0.25) is 0 Å². The Labute approximate surface area is 149 Å². The van der Waals surface area contributed by atoms with Crippen molar-refractivity contribution in [3.8, 4) is 28.4 Å². The van der Waals surface area contributed by atoms with E-state index in [4.69, 9.17) is 4.74 Å². The zero-order valence-corrected chi connectivity index (χ0v) is 14.0. The van der Waals surface area contributed by atoms with Gasteiger partial charge in [-0.3, -0.25) is 9.20 Å². The summed E-state index contributed by atoms with van der Waals surface area (Å²) in [5, 5.41) is 10.8. The fourth-order valence-electron chi connectivity index (χ4n) is 2.77. The van der Waals surface area contributed by atoms with Gasteiger partial charge in [-0.05, 0) is 30.3 Å². The highest BCUT2D eigenvalue weighted by molar-refractivity contribution is 5.76. The van der Waals surface area contributed by atoms with Gasteiger partial charge in [0, 0.05) is 29.1 Å². The lowest BCUT2D eigenvalue weighted by atomic mass is 10.1. The van der Waals surface area contributed by atoms with E-state index in [-0.39, 0.29) is 0 Å². The number of benzene rings is 1. The van der Waals surface area contributed by atoms with E-state index >= 15 is 0 Å². The number of carbonyl (C=O) groups is 1. The summed E-state index contributed by atoms with van der Waals surface area (Å²) >= 11 is 0. The second-order valence-corrected chi connectivity index (χ2v) is 5.59. The van der Waals surface area contributed by atoms with Crippen LogP contribution >= 0.6 is 0 Å². The predicted molar refractivity (Wildman–Crippen MR) is 97.9 cm³/mol. The minimum atomic E-state index is 0.474. The first-order valence-corrected chi connectivity index (χ1v) is 7.94. The quantitative estimate of drug-likeness (QED) is 0.562. The summed E-state index contributed by atoms with van der Waals surface area (Å²) in [7, 11) is 1.56. The number of rotatable bonds is 5. The lowest BCUT2D eigenvalue weighted by molar-refractivity contribution is -0.105. The van der Waals surface area contributed by atoms with Crippen LogP contribution in [-0.4, -0.2) is 33.1 Å². The molecule has 26 heavy (non-hydrogen) atoms. The van der Waals surface area contributed by atoms with Gasteiger partial charge in [0.15, 0.2) is 0 Å². The molecule has 3 heterocycles. The first kappa shape index (κ1) is 15.8. The fourth-order valence-corrected chi connectivity index (χ4v) is 2.77. The van der Waals surface area contributed by atoms with Crippen molar-refractivity contribution in [2.75, 3.05) is 12.4 Å². The van der Waals surface area contributed by atoms with Gasteiger partial charge < -0.3 is 10.1 Å². The average molecular weight is 345 g/mol. The molecule has 1 N–H and O–H groups in total. The number of fused-ring (bicyclic) bond motifs is 1. The number of methoxy groups -OCH3 is 1. The van der Waals surface area contributed by atoms with Crippen molar-refractivity contribution in [3.63, 3.8) is 0 Å². The van der Waals surface area contributed by atoms with Gasteiger partial charge in [0.1, 0.15) is 5.65 Å². The third-order valence-corrected chi connectivity index (χ3v) is 4.04. The monoisotopic (exact) mass is 345 g/mol. The lowest BCUT2D eigenvalue weighted by Gasteiger charge is -2.06. The lowest BCUT2D eigenvalue weighted by Crippen LogP contribution is -1.95. The van der Waals surface area contributed by atoms with E-state index in [1.807, 2.05) is 53.1 Å². The zero-order chi connectivity index (χ0) is 17.9. The van der Waals surface area contributed by atoms with Gasteiger partial charge in [0.25, 0.3) is 0 Å². The van der Waals surface area contributed by atoms with Crippen LogP contribution in [0.1, 0.15) is 0 Å². The molecule has 128 valence electrons. The van der Waals surface area contributed by atoms with E-state index in [2.05, 4.69) is 20.5 Å². The van der Waals surface area contributed by atoms with Crippen LogP contribution in [0.3, 0.4) is 0 Å². The van der Waals surface area contributed by atoms with Crippen molar-refractivity contribution in [1.29, 1.82) is 0 Å². The predicted octanol–water partition coefficient (Wildman–Crippen LogP) is 3.04. The third-order valence-electron chi connectivity index (χ3n) is 4.04. The number of carbonyl (C=O) groups excluding carboxylic acids is 1. The Morgan fingerprint density at radius 3 is 2.77 bits per heavy atom. The molecule has 0 saturated heterocycles. The highest BCUT2D eigenvalue weighted by Crippen LogP contribution is 2.26. The molecule has 0 radical (unpaired) electrons. The summed E-state index contributed by atoms with van der Waals surface area (Å²) in [5.41, 5.74) is 5.08. The average Bonchev–Trinajstić information content (AvgIpc) is 3.12. The Morgan fingerprint density at radius 2 is 2.00 bits per heavy atom. The normalized spacial score (nSPS) is 10.7. The van der Waals surface area contributed by atoms with Crippen molar-refractivity contribution in [3.05, 3.63) is 60.9 Å². The van der Waals surface area contributed by atoms with E-state index in [0.717, 1.165) is 33.8 Å². The molecule has 1 aromatic carbocycles. The molecule has 0 fully saturated rings. The molecule has 0 spiro atoms. The van der Waals surface area contributed by atoms with Crippen LogP contribution in [0.5, 0.6) is 5.88 Å². The maximum absolute atomic E-state index is 10.6. The molecular formula is C19H15N5O2. The van der Waals surface area contributed by atoms with Crippen molar-refractivity contribution >= 4 is 17.7 Å². The van der Waals surface area contributed by atoms with Gasteiger partial charge in [-0.1, -0.05) is 12.1 Å². The van der Waals surface area contributed by atoms with Crippen molar-refractivity contribution in [2.45, 2.75) is 0 Å². The van der Waals surface area contributed by atoms with Gasteiger partial charge >= 0.3 is 0 Å². The standard InChI is InChI=1S/C19H15N5O2/c1-26-19-6-5-16(22-23-19)13-7-8-24-17(11-20-18(24)10-13)14-3-2-4-15(9-14)21-12-25/h2-12H,1H3,(H,21,25). The van der Waals surface area contributed by atoms with Gasteiger partial charge in [0.05, 0.1) is 24.7 Å². The number of nitrogens with zero attached hydrogens (tertiary/aromatic N) is 4. The first-order chi connectivity index (χ1) is 12.8. The molecule has 0 saturated carbocycles. The van der Waals surface area contributed by atoms with Crippen molar-refractivity contribution < 1.29 is 9.53 Å². The minimum absolute atomic E-state index is 0.474. The summed E-state index contributed by atoms with van der Waals surface area (Å²) in [6.45, 7) is 0. The summed E-state index contributed by atoms with van der Waals surface area (Å²) in [4.78, 5) is 15.1. The van der Waals surface area contributed by atoms with Crippen LogP contribution in [0.4, 0.5) is 5.69 Å². The van der Waals surface area contributed by atoms with Gasteiger partial charge in [-0.2, -0.15) is 0 Å². The van der Waals surface area contributed by atoms with E-state index in [9.17, 15) is 4.79 Å². The van der Waals surface area contributed by atoms with Crippen molar-refractivity contribution in [2.24, 2.45) is 0 Å². The first-order valence-electron chi connectivity index (χ1n) is 7.94. The molecule has 0 atom stereocenters. The molecule has 0 aliphatic rings. The third kappa shape index (κ3) is 2.86. The molecule has 0 aliphatic heterocycles. The van der Waals surface area contributed by atoms with E-state index in [1.54, 1.807) is 19.4 Å². The molecule has 0 bridgehead atoms. The molecule has 3 aromatic heterocycles. The van der Waals surface area contributed by atoms with Gasteiger partial charge in [-0.15, -0.1) is 10.2 Å². The maximum atomic E-state index is 10.6. The second kappa shape index (κ2) is 6.64. The Hall–Kier alpha value is -3.74. The molecule has 1 amide bonds. The maximum Gasteiger partial charge on any atom is 0.233 e. The Bertz CT molecular complexity index is 1070. The van der Waals surface area contributed by atoms with Crippen LogP contribution in [0, 0.1) is 0 Å². The number of aromatic nitrogens is 4. The highest BCUT2D eigenvalue weighted by Gasteiger charge is 2.09. The Morgan fingerprint density at radius 1 is 1.08 bits per heavy atom. The number of ether oxygens (including phenoxy) is 1. The van der Waals surface area contributed by atoms with Gasteiger partial charge in [0.2, 0.25) is 12.3 Å². The summed E-state index contributed by atoms with van der Waals surface area (Å²) in [5.74, 6) is 0.474. The smallest absolute Gasteiger partial charge is 0.233 e. The summed E-state index contributed by atoms with van der Waals surface area (Å²) < 4.78 is 7.02. The Kier molecular flexibility index (Phi) is 4.03. The number of anilines is 1. The molecule has 0 unspecified atom stereocenters. The number of nitrogens with one attached hydrogen (secondary N) is 1. The van der Waals surface area contributed by atoms with Crippen LogP contribution < -0.4 is 10.1 Å². The summed E-state index contributed by atoms with van der Waals surface area (Å²) in [6, 6.07) is 15.1. The fraction of sp³-hybridized carbons (Fsp3) is 0.0526. The van der Waals surface area contributed by atoms with Crippen LogP contribution in [-0.2, 0) is 4.79 Å². The minimum Gasteiger partial charge on any atom is -0.480 e. The van der Waals surface area contributed by atoms with E-state index < -0.39 is 0 Å². The molecule has 4 aromatic rings. The largest absolute Gasteiger partial charge is 0.480 e. The number of hydrogen-bond acceptors (Lipinski definition) is 5. The number of pyridine rings is 1.